The summed E-state index contributed by atoms with van der Waals surface area (Å²) < 4.78 is 5.41. The largest absolute Gasteiger partial charge is 0.481 e. The van der Waals surface area contributed by atoms with Crippen LogP contribution in [0.5, 0.6) is 5.75 Å². The van der Waals surface area contributed by atoms with Gasteiger partial charge in [-0.1, -0.05) is 24.1 Å². The molecular weight excluding hydrogens is 238 g/mol. The van der Waals surface area contributed by atoms with Crippen molar-refractivity contribution in [3.8, 4) is 18.1 Å². The monoisotopic (exact) mass is 255 g/mol. The molecule has 94 valence electrons. The van der Waals surface area contributed by atoms with E-state index in [9.17, 15) is 0 Å². The third kappa shape index (κ3) is 6.18. The number of hydrogen-bond donors (Lipinski definition) is 2. The third-order valence-corrected chi connectivity index (χ3v) is 2.04. The zero-order valence-corrected chi connectivity index (χ0v) is 10.7. The second kappa shape index (κ2) is 8.89. The fourth-order valence-electron chi connectivity index (χ4n) is 1.33. The van der Waals surface area contributed by atoms with Gasteiger partial charge in [0.05, 0.1) is 6.10 Å². The van der Waals surface area contributed by atoms with Crippen LogP contribution >= 0.6 is 12.4 Å². The van der Waals surface area contributed by atoms with Gasteiger partial charge in [0.25, 0.3) is 0 Å². The Balaban J connectivity index is 0.00000256. The van der Waals surface area contributed by atoms with Crippen LogP contribution in [0.4, 0.5) is 0 Å². The maximum atomic E-state index is 9.12. The molecule has 1 aromatic carbocycles. The van der Waals surface area contributed by atoms with Gasteiger partial charge in [0.2, 0.25) is 0 Å². The van der Waals surface area contributed by atoms with Gasteiger partial charge >= 0.3 is 0 Å². The Morgan fingerprint density at radius 1 is 1.47 bits per heavy atom. The Morgan fingerprint density at radius 2 is 2.18 bits per heavy atom. The molecular formula is C13H18ClNO2. The molecule has 1 unspecified atom stereocenters. The standard InChI is InChI=1S/C13H17NO2.ClH/c1-3-8-16-13-7-5-4-6-12(13)10-14-9-11(2)15;/h1,4-7,11,14-15H,8-10H2,2H3;1H. The van der Waals surface area contributed by atoms with E-state index in [1.54, 1.807) is 6.92 Å². The Hall–Kier alpha value is -1.21. The molecule has 0 aliphatic heterocycles. The normalized spacial score (nSPS) is 11.1. The summed E-state index contributed by atoms with van der Waals surface area (Å²) in [7, 11) is 0. The Morgan fingerprint density at radius 3 is 2.82 bits per heavy atom. The first-order valence-corrected chi connectivity index (χ1v) is 5.27. The van der Waals surface area contributed by atoms with E-state index in [0.717, 1.165) is 11.3 Å². The summed E-state index contributed by atoms with van der Waals surface area (Å²) in [6.07, 6.45) is 4.79. The Bertz CT molecular complexity index is 361. The molecule has 1 atom stereocenters. The molecule has 4 heteroatoms. The highest BCUT2D eigenvalue weighted by molar-refractivity contribution is 5.85. The molecule has 0 heterocycles. The number of aliphatic hydroxyl groups is 1. The molecule has 0 fully saturated rings. The fraction of sp³-hybridized carbons (Fsp3) is 0.385. The van der Waals surface area contributed by atoms with Crippen LogP contribution in [0.3, 0.4) is 0 Å². The summed E-state index contributed by atoms with van der Waals surface area (Å²) in [6, 6.07) is 7.71. The lowest BCUT2D eigenvalue weighted by atomic mass is 10.2. The highest BCUT2D eigenvalue weighted by Gasteiger charge is 2.02. The van der Waals surface area contributed by atoms with Gasteiger partial charge in [0.15, 0.2) is 0 Å². The van der Waals surface area contributed by atoms with Gasteiger partial charge < -0.3 is 15.2 Å². The average molecular weight is 256 g/mol. The molecule has 0 aliphatic rings. The molecule has 0 amide bonds. The zero-order chi connectivity index (χ0) is 11.8. The van der Waals surface area contributed by atoms with Crippen LogP contribution in [0.1, 0.15) is 12.5 Å². The van der Waals surface area contributed by atoms with Gasteiger partial charge in [0.1, 0.15) is 12.4 Å². The van der Waals surface area contributed by atoms with Crippen molar-refractivity contribution in [1.82, 2.24) is 5.32 Å². The van der Waals surface area contributed by atoms with Crippen LogP contribution in [0, 0.1) is 12.3 Å². The predicted molar refractivity (Wildman–Crippen MR) is 71.4 cm³/mol. The van der Waals surface area contributed by atoms with Crippen LogP contribution in [-0.2, 0) is 6.54 Å². The van der Waals surface area contributed by atoms with E-state index in [1.165, 1.54) is 0 Å². The first kappa shape index (κ1) is 15.8. The number of para-hydroxylation sites is 1. The van der Waals surface area contributed by atoms with Gasteiger partial charge in [-0.25, -0.2) is 0 Å². The SMILES string of the molecule is C#CCOc1ccccc1CNCC(C)O.Cl. The summed E-state index contributed by atoms with van der Waals surface area (Å²) in [5.74, 6) is 3.23. The lowest BCUT2D eigenvalue weighted by Gasteiger charge is -2.11. The number of terminal acetylenes is 1. The molecule has 0 saturated heterocycles. The van der Waals surface area contributed by atoms with Crippen molar-refractivity contribution in [2.24, 2.45) is 0 Å². The highest BCUT2D eigenvalue weighted by Crippen LogP contribution is 2.17. The third-order valence-electron chi connectivity index (χ3n) is 2.04. The number of nitrogens with one attached hydrogen (secondary N) is 1. The quantitative estimate of drug-likeness (QED) is 0.759. The lowest BCUT2D eigenvalue weighted by molar-refractivity contribution is 0.190. The second-order valence-electron chi connectivity index (χ2n) is 3.58. The number of benzene rings is 1. The summed E-state index contributed by atoms with van der Waals surface area (Å²) in [4.78, 5) is 0. The van der Waals surface area contributed by atoms with Crippen LogP contribution in [0.25, 0.3) is 0 Å². The van der Waals surface area contributed by atoms with Gasteiger partial charge in [-0.05, 0) is 13.0 Å². The van der Waals surface area contributed by atoms with E-state index >= 15 is 0 Å². The minimum absolute atomic E-state index is 0. The lowest BCUT2D eigenvalue weighted by Crippen LogP contribution is -2.24. The average Bonchev–Trinajstić information content (AvgIpc) is 2.27. The van der Waals surface area contributed by atoms with Crippen molar-refractivity contribution in [2.75, 3.05) is 13.2 Å². The van der Waals surface area contributed by atoms with E-state index < -0.39 is 0 Å². The number of hydrogen-bond acceptors (Lipinski definition) is 3. The highest BCUT2D eigenvalue weighted by atomic mass is 35.5. The molecule has 0 bridgehead atoms. The van der Waals surface area contributed by atoms with Crippen molar-refractivity contribution < 1.29 is 9.84 Å². The van der Waals surface area contributed by atoms with Gasteiger partial charge in [0, 0.05) is 18.7 Å². The summed E-state index contributed by atoms with van der Waals surface area (Å²) in [5, 5.41) is 12.3. The number of halogens is 1. The molecule has 0 aliphatic carbocycles. The minimum Gasteiger partial charge on any atom is -0.481 e. The molecule has 3 nitrogen and oxygen atoms in total. The number of rotatable bonds is 6. The van der Waals surface area contributed by atoms with Gasteiger partial charge in [-0.15, -0.1) is 18.8 Å². The molecule has 2 N–H and O–H groups in total. The molecule has 0 aromatic heterocycles. The minimum atomic E-state index is -0.348. The van der Waals surface area contributed by atoms with E-state index in [4.69, 9.17) is 16.3 Å². The fourth-order valence-corrected chi connectivity index (χ4v) is 1.33. The van der Waals surface area contributed by atoms with E-state index in [2.05, 4.69) is 11.2 Å². The molecule has 1 rings (SSSR count). The van der Waals surface area contributed by atoms with Gasteiger partial charge in [-0.2, -0.15) is 0 Å². The number of aliphatic hydroxyl groups excluding tert-OH is 1. The van der Waals surface area contributed by atoms with Crippen molar-refractivity contribution in [3.63, 3.8) is 0 Å². The zero-order valence-electron chi connectivity index (χ0n) is 9.85. The first-order chi connectivity index (χ1) is 7.74. The molecule has 17 heavy (non-hydrogen) atoms. The van der Waals surface area contributed by atoms with Crippen LogP contribution in [0.2, 0.25) is 0 Å². The molecule has 0 spiro atoms. The summed E-state index contributed by atoms with van der Waals surface area (Å²) in [6.45, 7) is 3.23. The van der Waals surface area contributed by atoms with Crippen LogP contribution in [0.15, 0.2) is 24.3 Å². The van der Waals surface area contributed by atoms with E-state index in [-0.39, 0.29) is 25.1 Å². The van der Waals surface area contributed by atoms with Gasteiger partial charge in [-0.3, -0.25) is 0 Å². The molecule has 1 aromatic rings. The predicted octanol–water partition coefficient (Wildman–Crippen LogP) is 1.59. The smallest absolute Gasteiger partial charge is 0.148 e. The van der Waals surface area contributed by atoms with Crippen molar-refractivity contribution in [3.05, 3.63) is 29.8 Å². The second-order valence-corrected chi connectivity index (χ2v) is 3.58. The summed E-state index contributed by atoms with van der Waals surface area (Å²) in [5.41, 5.74) is 1.04. The molecule has 0 radical (unpaired) electrons. The van der Waals surface area contributed by atoms with Crippen molar-refractivity contribution in [1.29, 1.82) is 0 Å². The van der Waals surface area contributed by atoms with E-state index in [1.807, 2.05) is 24.3 Å². The summed E-state index contributed by atoms with van der Waals surface area (Å²) >= 11 is 0. The Labute approximate surface area is 109 Å². The Kier molecular flexibility index (Phi) is 8.25. The van der Waals surface area contributed by atoms with E-state index in [0.29, 0.717) is 13.1 Å². The van der Waals surface area contributed by atoms with Crippen LogP contribution in [-0.4, -0.2) is 24.4 Å². The van der Waals surface area contributed by atoms with Crippen molar-refractivity contribution >= 4 is 12.4 Å². The maximum absolute atomic E-state index is 9.12. The topological polar surface area (TPSA) is 41.5 Å². The van der Waals surface area contributed by atoms with Crippen molar-refractivity contribution in [2.45, 2.75) is 19.6 Å². The number of ether oxygens (including phenoxy) is 1. The van der Waals surface area contributed by atoms with Crippen LogP contribution < -0.4 is 10.1 Å². The maximum Gasteiger partial charge on any atom is 0.148 e. The molecule has 0 saturated carbocycles. The first-order valence-electron chi connectivity index (χ1n) is 5.27.